The van der Waals surface area contributed by atoms with Gasteiger partial charge in [0.15, 0.2) is 5.78 Å². The first-order valence-corrected chi connectivity index (χ1v) is 4.59. The van der Waals surface area contributed by atoms with Crippen molar-refractivity contribution < 1.29 is 19.1 Å². The van der Waals surface area contributed by atoms with Crippen LogP contribution in [0.5, 0.6) is 0 Å². The standard InChI is InChI=1S/C11H10O4/c1-7(12)15-11-9-5-3-2-4-8(9)10(13)6-14-11/h2-5,11H,6H2,1H3/t11-/m1/s1. The van der Waals surface area contributed by atoms with E-state index in [1.54, 1.807) is 24.3 Å². The summed E-state index contributed by atoms with van der Waals surface area (Å²) in [6, 6.07) is 6.97. The topological polar surface area (TPSA) is 52.6 Å². The molecular formula is C11H10O4. The Balaban J connectivity index is 2.36. The average Bonchev–Trinajstić information content (AvgIpc) is 2.22. The third-order valence-electron chi connectivity index (χ3n) is 2.15. The molecule has 0 radical (unpaired) electrons. The quantitative estimate of drug-likeness (QED) is 0.653. The summed E-state index contributed by atoms with van der Waals surface area (Å²) in [5, 5.41) is 0. The number of fused-ring (bicyclic) bond motifs is 1. The zero-order valence-corrected chi connectivity index (χ0v) is 8.23. The SMILES string of the molecule is CC(=O)O[C@H]1OCC(=O)c2ccccc21. The first-order valence-electron chi connectivity index (χ1n) is 4.59. The van der Waals surface area contributed by atoms with Gasteiger partial charge < -0.3 is 9.47 Å². The molecule has 1 aliphatic rings. The molecule has 0 amide bonds. The van der Waals surface area contributed by atoms with E-state index in [1.807, 2.05) is 0 Å². The monoisotopic (exact) mass is 206 g/mol. The van der Waals surface area contributed by atoms with Gasteiger partial charge in [0, 0.05) is 18.1 Å². The van der Waals surface area contributed by atoms with Crippen molar-refractivity contribution in [1.82, 2.24) is 0 Å². The van der Waals surface area contributed by atoms with Crippen molar-refractivity contribution in [2.45, 2.75) is 13.2 Å². The normalized spacial score (nSPS) is 19.5. The second kappa shape index (κ2) is 3.82. The summed E-state index contributed by atoms with van der Waals surface area (Å²) in [7, 11) is 0. The second-order valence-corrected chi connectivity index (χ2v) is 3.26. The number of ether oxygens (including phenoxy) is 2. The minimum Gasteiger partial charge on any atom is -0.431 e. The Kier molecular flexibility index (Phi) is 2.51. The van der Waals surface area contributed by atoms with Crippen LogP contribution in [0.4, 0.5) is 0 Å². The Morgan fingerprint density at radius 1 is 1.47 bits per heavy atom. The predicted molar refractivity (Wildman–Crippen MR) is 51.2 cm³/mol. The maximum absolute atomic E-state index is 11.5. The fraction of sp³-hybridized carbons (Fsp3) is 0.273. The Hall–Kier alpha value is -1.68. The zero-order valence-electron chi connectivity index (χ0n) is 8.23. The minimum absolute atomic E-state index is 0.0467. The number of carbonyl (C=O) groups is 2. The molecule has 0 bridgehead atoms. The predicted octanol–water partition coefficient (Wildman–Crippen LogP) is 1.46. The molecule has 0 saturated heterocycles. The maximum atomic E-state index is 11.5. The molecule has 1 aromatic carbocycles. The van der Waals surface area contributed by atoms with Crippen LogP contribution >= 0.6 is 0 Å². The van der Waals surface area contributed by atoms with Gasteiger partial charge in [0.25, 0.3) is 0 Å². The summed E-state index contributed by atoms with van der Waals surface area (Å²) >= 11 is 0. The summed E-state index contributed by atoms with van der Waals surface area (Å²) in [5.74, 6) is -0.516. The lowest BCUT2D eigenvalue weighted by Gasteiger charge is -2.24. The highest BCUT2D eigenvalue weighted by Gasteiger charge is 2.27. The van der Waals surface area contributed by atoms with E-state index in [1.165, 1.54) is 6.92 Å². The molecule has 0 spiro atoms. The number of esters is 1. The number of ketones is 1. The number of hydrogen-bond donors (Lipinski definition) is 0. The summed E-state index contributed by atoms with van der Waals surface area (Å²) in [4.78, 5) is 22.3. The van der Waals surface area contributed by atoms with Crippen LogP contribution in [0.25, 0.3) is 0 Å². The van der Waals surface area contributed by atoms with Crippen LogP contribution in [0, 0.1) is 0 Å². The molecule has 0 saturated carbocycles. The highest BCUT2D eigenvalue weighted by atomic mass is 16.7. The number of hydrogen-bond acceptors (Lipinski definition) is 4. The van der Waals surface area contributed by atoms with Crippen molar-refractivity contribution in [1.29, 1.82) is 0 Å². The fourth-order valence-electron chi connectivity index (χ4n) is 1.52. The average molecular weight is 206 g/mol. The van der Waals surface area contributed by atoms with Crippen LogP contribution in [0.3, 0.4) is 0 Å². The molecule has 1 heterocycles. The van der Waals surface area contributed by atoms with E-state index in [0.29, 0.717) is 11.1 Å². The lowest BCUT2D eigenvalue weighted by molar-refractivity contribution is -0.177. The van der Waals surface area contributed by atoms with E-state index in [-0.39, 0.29) is 12.4 Å². The van der Waals surface area contributed by atoms with Crippen LogP contribution in [0.15, 0.2) is 24.3 Å². The third-order valence-corrected chi connectivity index (χ3v) is 2.15. The zero-order chi connectivity index (χ0) is 10.8. The van der Waals surface area contributed by atoms with Crippen LogP contribution in [-0.4, -0.2) is 18.4 Å². The van der Waals surface area contributed by atoms with E-state index in [0.717, 1.165) is 0 Å². The number of carbonyl (C=O) groups excluding carboxylic acids is 2. The van der Waals surface area contributed by atoms with Crippen molar-refractivity contribution in [2.75, 3.05) is 6.61 Å². The Labute approximate surface area is 86.8 Å². The van der Waals surface area contributed by atoms with E-state index < -0.39 is 12.3 Å². The molecular weight excluding hydrogens is 196 g/mol. The molecule has 0 aromatic heterocycles. The number of rotatable bonds is 1. The van der Waals surface area contributed by atoms with Crippen LogP contribution in [-0.2, 0) is 14.3 Å². The number of Topliss-reactive ketones (excluding diaryl/α,β-unsaturated/α-hetero) is 1. The summed E-state index contributed by atoms with van der Waals surface area (Å²) in [5.41, 5.74) is 1.18. The Morgan fingerprint density at radius 2 is 2.20 bits per heavy atom. The van der Waals surface area contributed by atoms with Crippen molar-refractivity contribution in [2.24, 2.45) is 0 Å². The minimum atomic E-state index is -0.753. The van der Waals surface area contributed by atoms with E-state index in [9.17, 15) is 9.59 Å². The largest absolute Gasteiger partial charge is 0.431 e. The first-order chi connectivity index (χ1) is 7.18. The van der Waals surface area contributed by atoms with Gasteiger partial charge in [-0.05, 0) is 0 Å². The number of benzene rings is 1. The molecule has 0 N–H and O–H groups in total. The second-order valence-electron chi connectivity index (χ2n) is 3.26. The third kappa shape index (κ3) is 1.89. The summed E-state index contributed by atoms with van der Waals surface area (Å²) < 4.78 is 10.1. The van der Waals surface area contributed by atoms with Gasteiger partial charge in [-0.15, -0.1) is 0 Å². The molecule has 0 fully saturated rings. The molecule has 0 unspecified atom stereocenters. The Bertz CT molecular complexity index is 411. The van der Waals surface area contributed by atoms with Crippen molar-refractivity contribution >= 4 is 11.8 Å². The van der Waals surface area contributed by atoms with Gasteiger partial charge in [0.2, 0.25) is 6.29 Å². The van der Waals surface area contributed by atoms with Crippen molar-refractivity contribution in [3.63, 3.8) is 0 Å². The highest BCUT2D eigenvalue weighted by molar-refractivity contribution is 5.99. The molecule has 15 heavy (non-hydrogen) atoms. The van der Waals surface area contributed by atoms with Gasteiger partial charge in [-0.3, -0.25) is 9.59 Å². The van der Waals surface area contributed by atoms with E-state index in [4.69, 9.17) is 9.47 Å². The first kappa shape index (κ1) is 9.86. The van der Waals surface area contributed by atoms with Gasteiger partial charge in [-0.2, -0.15) is 0 Å². The lowest BCUT2D eigenvalue weighted by Crippen LogP contribution is -2.25. The van der Waals surface area contributed by atoms with Gasteiger partial charge >= 0.3 is 5.97 Å². The van der Waals surface area contributed by atoms with Crippen molar-refractivity contribution in [3.8, 4) is 0 Å². The summed E-state index contributed by atoms with van der Waals surface area (Å²) in [6.45, 7) is 1.26. The smallest absolute Gasteiger partial charge is 0.305 e. The van der Waals surface area contributed by atoms with Crippen LogP contribution < -0.4 is 0 Å². The molecule has 2 rings (SSSR count). The van der Waals surface area contributed by atoms with E-state index in [2.05, 4.69) is 0 Å². The molecule has 1 aliphatic heterocycles. The van der Waals surface area contributed by atoms with E-state index >= 15 is 0 Å². The van der Waals surface area contributed by atoms with Gasteiger partial charge in [0.05, 0.1) is 0 Å². The lowest BCUT2D eigenvalue weighted by atomic mass is 10.0. The van der Waals surface area contributed by atoms with Crippen LogP contribution in [0.1, 0.15) is 29.1 Å². The van der Waals surface area contributed by atoms with Gasteiger partial charge in [-0.25, -0.2) is 0 Å². The fourth-order valence-corrected chi connectivity index (χ4v) is 1.52. The van der Waals surface area contributed by atoms with Crippen molar-refractivity contribution in [3.05, 3.63) is 35.4 Å². The molecule has 4 heteroatoms. The Morgan fingerprint density at radius 3 is 2.93 bits per heavy atom. The summed E-state index contributed by atoms with van der Waals surface area (Å²) in [6.07, 6.45) is -0.753. The van der Waals surface area contributed by atoms with Crippen LogP contribution in [0.2, 0.25) is 0 Å². The molecule has 4 nitrogen and oxygen atoms in total. The molecule has 0 aliphatic carbocycles. The van der Waals surface area contributed by atoms with Gasteiger partial charge in [0.1, 0.15) is 6.61 Å². The molecule has 1 aromatic rings. The maximum Gasteiger partial charge on any atom is 0.305 e. The molecule has 78 valence electrons. The highest BCUT2D eigenvalue weighted by Crippen LogP contribution is 2.27. The van der Waals surface area contributed by atoms with Gasteiger partial charge in [-0.1, -0.05) is 24.3 Å². The molecule has 1 atom stereocenters.